The highest BCUT2D eigenvalue weighted by Crippen LogP contribution is 2.29. The van der Waals surface area contributed by atoms with Gasteiger partial charge in [0.2, 0.25) is 0 Å². The Morgan fingerprint density at radius 1 is 1.10 bits per heavy atom. The van der Waals surface area contributed by atoms with Crippen LogP contribution < -0.4 is 5.32 Å². The summed E-state index contributed by atoms with van der Waals surface area (Å²) in [4.78, 5) is 0. The topological polar surface area (TPSA) is 12.0 Å². The third-order valence-electron chi connectivity index (χ3n) is 3.54. The average molecular weight is 308 g/mol. The molecule has 0 aliphatic carbocycles. The van der Waals surface area contributed by atoms with Crippen molar-refractivity contribution in [3.63, 3.8) is 0 Å². The highest BCUT2D eigenvalue weighted by atomic mass is 35.5. The SMILES string of the molecule is CCc1cccc(C)c1NC(C)c1ccc(Cl)c(Cl)c1. The Balaban J connectivity index is 2.27. The summed E-state index contributed by atoms with van der Waals surface area (Å²) < 4.78 is 0. The first kappa shape index (κ1) is 15.2. The van der Waals surface area contributed by atoms with Crippen LogP contribution in [0.1, 0.15) is 36.6 Å². The second-order valence-electron chi connectivity index (χ2n) is 5.00. The Hall–Kier alpha value is -1.18. The highest BCUT2D eigenvalue weighted by molar-refractivity contribution is 6.42. The van der Waals surface area contributed by atoms with E-state index in [9.17, 15) is 0 Å². The van der Waals surface area contributed by atoms with Gasteiger partial charge in [-0.1, -0.05) is 54.4 Å². The van der Waals surface area contributed by atoms with Crippen molar-refractivity contribution in [2.45, 2.75) is 33.2 Å². The second-order valence-corrected chi connectivity index (χ2v) is 5.82. The predicted molar refractivity (Wildman–Crippen MR) is 89.1 cm³/mol. The third kappa shape index (κ3) is 3.28. The Labute approximate surface area is 130 Å². The molecule has 0 aliphatic heterocycles. The number of rotatable bonds is 4. The van der Waals surface area contributed by atoms with Crippen LogP contribution in [0.15, 0.2) is 36.4 Å². The van der Waals surface area contributed by atoms with E-state index in [-0.39, 0.29) is 6.04 Å². The van der Waals surface area contributed by atoms with E-state index in [1.807, 2.05) is 18.2 Å². The van der Waals surface area contributed by atoms with Gasteiger partial charge >= 0.3 is 0 Å². The van der Waals surface area contributed by atoms with E-state index >= 15 is 0 Å². The number of para-hydroxylation sites is 1. The molecule has 2 aromatic rings. The molecular weight excluding hydrogens is 289 g/mol. The van der Waals surface area contributed by atoms with E-state index in [0.29, 0.717) is 10.0 Å². The van der Waals surface area contributed by atoms with Crippen LogP contribution in [0.2, 0.25) is 10.0 Å². The Bertz CT molecular complexity index is 608. The van der Waals surface area contributed by atoms with Gasteiger partial charge in [-0.25, -0.2) is 0 Å². The molecule has 0 saturated carbocycles. The molecule has 20 heavy (non-hydrogen) atoms. The molecule has 0 spiro atoms. The Kier molecular flexibility index (Phi) is 4.95. The summed E-state index contributed by atoms with van der Waals surface area (Å²) in [5.74, 6) is 0. The van der Waals surface area contributed by atoms with Crippen molar-refractivity contribution in [3.8, 4) is 0 Å². The summed E-state index contributed by atoms with van der Waals surface area (Å²) in [6.45, 7) is 6.43. The molecule has 1 unspecified atom stereocenters. The lowest BCUT2D eigenvalue weighted by atomic mass is 10.0. The lowest BCUT2D eigenvalue weighted by Crippen LogP contribution is -2.09. The molecule has 0 radical (unpaired) electrons. The van der Waals surface area contributed by atoms with Crippen molar-refractivity contribution in [1.82, 2.24) is 0 Å². The lowest BCUT2D eigenvalue weighted by molar-refractivity contribution is 0.877. The standard InChI is InChI=1S/C17H19Cl2N/c1-4-13-7-5-6-11(2)17(13)20-12(3)14-8-9-15(18)16(19)10-14/h5-10,12,20H,4H2,1-3H3. The van der Waals surface area contributed by atoms with Gasteiger partial charge in [0.15, 0.2) is 0 Å². The number of aryl methyl sites for hydroxylation is 2. The number of hydrogen-bond donors (Lipinski definition) is 1. The monoisotopic (exact) mass is 307 g/mol. The van der Waals surface area contributed by atoms with Gasteiger partial charge in [-0.3, -0.25) is 0 Å². The maximum Gasteiger partial charge on any atom is 0.0595 e. The predicted octanol–water partition coefficient (Wildman–Crippen LogP) is 6.04. The summed E-state index contributed by atoms with van der Waals surface area (Å²) >= 11 is 12.1. The number of benzene rings is 2. The number of hydrogen-bond acceptors (Lipinski definition) is 1. The molecule has 1 nitrogen and oxygen atoms in total. The zero-order valence-electron chi connectivity index (χ0n) is 12.0. The van der Waals surface area contributed by atoms with Crippen LogP contribution >= 0.6 is 23.2 Å². The third-order valence-corrected chi connectivity index (χ3v) is 4.28. The molecule has 0 aromatic heterocycles. The van der Waals surface area contributed by atoms with Gasteiger partial charge in [0.05, 0.1) is 10.0 Å². The van der Waals surface area contributed by atoms with E-state index in [4.69, 9.17) is 23.2 Å². The Morgan fingerprint density at radius 2 is 1.85 bits per heavy atom. The van der Waals surface area contributed by atoms with E-state index < -0.39 is 0 Å². The minimum absolute atomic E-state index is 0.177. The molecule has 0 heterocycles. The summed E-state index contributed by atoms with van der Waals surface area (Å²) in [6, 6.07) is 12.3. The van der Waals surface area contributed by atoms with Crippen LogP contribution in [-0.2, 0) is 6.42 Å². The van der Waals surface area contributed by atoms with Crippen molar-refractivity contribution in [2.24, 2.45) is 0 Å². The van der Waals surface area contributed by atoms with E-state index in [0.717, 1.165) is 12.0 Å². The summed E-state index contributed by atoms with van der Waals surface area (Å²) in [7, 11) is 0. The number of anilines is 1. The molecule has 2 rings (SSSR count). The van der Waals surface area contributed by atoms with Crippen LogP contribution in [0.5, 0.6) is 0 Å². The number of halogens is 2. The van der Waals surface area contributed by atoms with Crippen molar-refractivity contribution >= 4 is 28.9 Å². The van der Waals surface area contributed by atoms with Gasteiger partial charge in [-0.2, -0.15) is 0 Å². The van der Waals surface area contributed by atoms with Crippen LogP contribution in [0, 0.1) is 6.92 Å². The first-order chi connectivity index (χ1) is 9.52. The minimum Gasteiger partial charge on any atom is -0.378 e. The average Bonchev–Trinajstić information content (AvgIpc) is 2.44. The van der Waals surface area contributed by atoms with Gasteiger partial charge in [-0.05, 0) is 49.1 Å². The summed E-state index contributed by atoms with van der Waals surface area (Å²) in [5.41, 5.74) is 4.94. The molecule has 0 bridgehead atoms. The summed E-state index contributed by atoms with van der Waals surface area (Å²) in [6.07, 6.45) is 1.01. The molecule has 3 heteroatoms. The van der Waals surface area contributed by atoms with Crippen molar-refractivity contribution in [3.05, 3.63) is 63.1 Å². The normalized spacial score (nSPS) is 12.2. The van der Waals surface area contributed by atoms with Crippen molar-refractivity contribution < 1.29 is 0 Å². The summed E-state index contributed by atoms with van der Waals surface area (Å²) in [5, 5.41) is 4.78. The Morgan fingerprint density at radius 3 is 2.50 bits per heavy atom. The fourth-order valence-electron chi connectivity index (χ4n) is 2.31. The highest BCUT2D eigenvalue weighted by Gasteiger charge is 2.11. The zero-order valence-corrected chi connectivity index (χ0v) is 13.5. The van der Waals surface area contributed by atoms with Crippen molar-refractivity contribution in [2.75, 3.05) is 5.32 Å². The molecule has 1 atom stereocenters. The lowest BCUT2D eigenvalue weighted by Gasteiger charge is -2.20. The van der Waals surface area contributed by atoms with Crippen LogP contribution in [0.4, 0.5) is 5.69 Å². The van der Waals surface area contributed by atoms with Gasteiger partial charge < -0.3 is 5.32 Å². The zero-order chi connectivity index (χ0) is 14.7. The fourth-order valence-corrected chi connectivity index (χ4v) is 2.62. The fraction of sp³-hybridized carbons (Fsp3) is 0.294. The van der Waals surface area contributed by atoms with Crippen LogP contribution in [0.3, 0.4) is 0 Å². The first-order valence-electron chi connectivity index (χ1n) is 6.83. The van der Waals surface area contributed by atoms with Gasteiger partial charge in [0.1, 0.15) is 0 Å². The molecule has 0 aliphatic rings. The van der Waals surface area contributed by atoms with E-state index in [1.165, 1.54) is 16.8 Å². The quantitative estimate of drug-likeness (QED) is 0.726. The molecular formula is C17H19Cl2N. The molecule has 106 valence electrons. The van der Waals surface area contributed by atoms with Crippen LogP contribution in [-0.4, -0.2) is 0 Å². The largest absolute Gasteiger partial charge is 0.378 e. The minimum atomic E-state index is 0.177. The smallest absolute Gasteiger partial charge is 0.0595 e. The van der Waals surface area contributed by atoms with Crippen molar-refractivity contribution in [1.29, 1.82) is 0 Å². The van der Waals surface area contributed by atoms with Gasteiger partial charge in [0, 0.05) is 11.7 Å². The van der Waals surface area contributed by atoms with Crippen LogP contribution in [0.25, 0.3) is 0 Å². The van der Waals surface area contributed by atoms with Gasteiger partial charge in [-0.15, -0.1) is 0 Å². The number of nitrogens with one attached hydrogen (secondary N) is 1. The van der Waals surface area contributed by atoms with Gasteiger partial charge in [0.25, 0.3) is 0 Å². The molecule has 0 fully saturated rings. The van der Waals surface area contributed by atoms with E-state index in [2.05, 4.69) is 44.3 Å². The van der Waals surface area contributed by atoms with E-state index in [1.54, 1.807) is 0 Å². The maximum atomic E-state index is 6.09. The molecule has 1 N–H and O–H groups in total. The molecule has 0 saturated heterocycles. The first-order valence-corrected chi connectivity index (χ1v) is 7.58. The maximum absolute atomic E-state index is 6.09. The second kappa shape index (κ2) is 6.51. The molecule has 2 aromatic carbocycles. The molecule has 0 amide bonds.